The van der Waals surface area contributed by atoms with Gasteiger partial charge in [-0.1, -0.05) is 19.8 Å². The van der Waals surface area contributed by atoms with Gasteiger partial charge in [-0.2, -0.15) is 10.5 Å². The van der Waals surface area contributed by atoms with Crippen LogP contribution in [0.2, 0.25) is 0 Å². The van der Waals surface area contributed by atoms with E-state index in [1.54, 1.807) is 18.2 Å². The molecule has 0 saturated carbocycles. The summed E-state index contributed by atoms with van der Waals surface area (Å²) in [4.78, 5) is 4.66. The highest BCUT2D eigenvalue weighted by Crippen LogP contribution is 2.37. The minimum Gasteiger partial charge on any atom is -0.483 e. The van der Waals surface area contributed by atoms with Crippen molar-refractivity contribution in [1.82, 2.24) is 5.32 Å². The molecule has 0 unspecified atom stereocenters. The second kappa shape index (κ2) is 7.66. The van der Waals surface area contributed by atoms with Crippen molar-refractivity contribution >= 4 is 11.5 Å². The zero-order valence-corrected chi connectivity index (χ0v) is 14.4. The Morgan fingerprint density at radius 3 is 2.75 bits per heavy atom. The van der Waals surface area contributed by atoms with E-state index in [9.17, 15) is 0 Å². The average molecular weight is 322 g/mol. The number of nitriles is 2. The summed E-state index contributed by atoms with van der Waals surface area (Å²) in [6, 6.07) is 7.44. The van der Waals surface area contributed by atoms with Gasteiger partial charge in [-0.15, -0.1) is 0 Å². The maximum absolute atomic E-state index is 9.14. The lowest BCUT2D eigenvalue weighted by Gasteiger charge is -2.30. The molecule has 0 bridgehead atoms. The molecule has 0 saturated heterocycles. The normalized spacial score (nSPS) is 15.4. The minimum atomic E-state index is -0.499. The van der Waals surface area contributed by atoms with E-state index in [4.69, 9.17) is 15.3 Å². The first-order valence-corrected chi connectivity index (χ1v) is 8.18. The molecule has 2 rings (SSSR count). The standard InChI is InChI=1S/C19H22N4O/c1-4-5-6-7-18(22-13-21)23-16-11-19(2,3)24-17-9-8-14(12-20)10-15(16)17/h8-11H,4-7H2,1-3H3,(H,22,23). The van der Waals surface area contributed by atoms with E-state index >= 15 is 0 Å². The lowest BCUT2D eigenvalue weighted by atomic mass is 9.98. The summed E-state index contributed by atoms with van der Waals surface area (Å²) in [6.45, 7) is 6.05. The van der Waals surface area contributed by atoms with Gasteiger partial charge in [0.25, 0.3) is 0 Å². The van der Waals surface area contributed by atoms with E-state index in [0.717, 1.165) is 30.5 Å². The summed E-state index contributed by atoms with van der Waals surface area (Å²) >= 11 is 0. The molecule has 1 N–H and O–H groups in total. The van der Waals surface area contributed by atoms with Gasteiger partial charge in [0.15, 0.2) is 6.19 Å². The molecule has 0 fully saturated rings. The number of hydrogen-bond acceptors (Lipinski definition) is 4. The number of nitrogens with zero attached hydrogens (tertiary/aromatic N) is 3. The van der Waals surface area contributed by atoms with Crippen molar-refractivity contribution in [1.29, 1.82) is 10.5 Å². The van der Waals surface area contributed by atoms with Gasteiger partial charge in [-0.05, 0) is 44.5 Å². The molecule has 0 spiro atoms. The minimum absolute atomic E-state index is 0.499. The molecule has 5 nitrogen and oxygen atoms in total. The van der Waals surface area contributed by atoms with Crippen LogP contribution in [0.1, 0.15) is 57.6 Å². The highest BCUT2D eigenvalue weighted by Gasteiger charge is 2.27. The van der Waals surface area contributed by atoms with E-state index in [1.807, 2.05) is 26.1 Å². The number of fused-ring (bicyclic) bond motifs is 1. The zero-order chi connectivity index (χ0) is 17.6. The molecule has 124 valence electrons. The molecule has 1 aromatic carbocycles. The van der Waals surface area contributed by atoms with E-state index in [1.165, 1.54) is 0 Å². The van der Waals surface area contributed by atoms with E-state index in [-0.39, 0.29) is 0 Å². The van der Waals surface area contributed by atoms with Crippen LogP contribution in [0.15, 0.2) is 29.3 Å². The largest absolute Gasteiger partial charge is 0.483 e. The van der Waals surface area contributed by atoms with Crippen LogP contribution in [0.4, 0.5) is 0 Å². The van der Waals surface area contributed by atoms with Crippen molar-refractivity contribution in [3.63, 3.8) is 0 Å². The SMILES string of the molecule is CCCCCC(=NC1=CC(C)(C)Oc2ccc(C#N)cc21)NC#N. The van der Waals surface area contributed by atoms with Gasteiger partial charge < -0.3 is 4.74 Å². The number of nitrogens with one attached hydrogen (secondary N) is 1. The highest BCUT2D eigenvalue weighted by molar-refractivity contribution is 5.90. The summed E-state index contributed by atoms with van der Waals surface area (Å²) in [7, 11) is 0. The topological polar surface area (TPSA) is 81.2 Å². The third-order valence-corrected chi connectivity index (χ3v) is 3.71. The maximum atomic E-state index is 9.14. The number of benzene rings is 1. The van der Waals surface area contributed by atoms with Crippen LogP contribution in [-0.4, -0.2) is 11.4 Å². The lowest BCUT2D eigenvalue weighted by Crippen LogP contribution is -2.29. The van der Waals surface area contributed by atoms with E-state index in [0.29, 0.717) is 23.6 Å². The Balaban J connectivity index is 2.42. The second-order valence-corrected chi connectivity index (χ2v) is 6.31. The fraction of sp³-hybridized carbons (Fsp3) is 0.421. The number of ether oxygens (including phenoxy) is 1. The molecule has 0 atom stereocenters. The van der Waals surface area contributed by atoms with Crippen molar-refractivity contribution in [2.45, 2.75) is 52.1 Å². The van der Waals surface area contributed by atoms with Crippen molar-refractivity contribution < 1.29 is 4.74 Å². The predicted molar refractivity (Wildman–Crippen MR) is 94.2 cm³/mol. The quantitative estimate of drug-likeness (QED) is 0.291. The lowest BCUT2D eigenvalue weighted by molar-refractivity contribution is 0.158. The molecule has 5 heteroatoms. The van der Waals surface area contributed by atoms with Crippen LogP contribution in [0.5, 0.6) is 5.75 Å². The maximum Gasteiger partial charge on any atom is 0.182 e. The van der Waals surface area contributed by atoms with Crippen molar-refractivity contribution in [3.8, 4) is 18.0 Å². The first-order chi connectivity index (χ1) is 11.5. The Kier molecular flexibility index (Phi) is 5.60. The van der Waals surface area contributed by atoms with Crippen LogP contribution in [0.25, 0.3) is 5.70 Å². The fourth-order valence-corrected chi connectivity index (χ4v) is 2.60. The molecule has 0 amide bonds. The molecule has 1 aliphatic rings. The van der Waals surface area contributed by atoms with Crippen LogP contribution in [0.3, 0.4) is 0 Å². The Hall–Kier alpha value is -2.79. The second-order valence-electron chi connectivity index (χ2n) is 6.31. The molecule has 0 aliphatic carbocycles. The van der Waals surface area contributed by atoms with Gasteiger partial charge >= 0.3 is 0 Å². The van der Waals surface area contributed by atoms with Gasteiger partial charge in [0, 0.05) is 12.0 Å². The summed E-state index contributed by atoms with van der Waals surface area (Å²) in [5.41, 5.74) is 1.56. The zero-order valence-electron chi connectivity index (χ0n) is 14.4. The van der Waals surface area contributed by atoms with Crippen molar-refractivity contribution in [2.24, 2.45) is 4.99 Å². The van der Waals surface area contributed by atoms with E-state index < -0.39 is 5.60 Å². The van der Waals surface area contributed by atoms with Gasteiger partial charge in [-0.25, -0.2) is 4.99 Å². The van der Waals surface area contributed by atoms with Gasteiger partial charge in [0.2, 0.25) is 0 Å². The van der Waals surface area contributed by atoms with Crippen LogP contribution < -0.4 is 10.1 Å². The van der Waals surface area contributed by atoms with Gasteiger partial charge in [-0.3, -0.25) is 5.32 Å². The third-order valence-electron chi connectivity index (χ3n) is 3.71. The molecule has 0 radical (unpaired) electrons. The third kappa shape index (κ3) is 4.36. The number of amidine groups is 1. The van der Waals surface area contributed by atoms with Gasteiger partial charge in [0.05, 0.1) is 17.3 Å². The Bertz CT molecular complexity index is 748. The van der Waals surface area contributed by atoms with Crippen molar-refractivity contribution in [3.05, 3.63) is 35.4 Å². The molecular weight excluding hydrogens is 300 g/mol. The van der Waals surface area contributed by atoms with Crippen molar-refractivity contribution in [2.75, 3.05) is 0 Å². The van der Waals surface area contributed by atoms with Crippen LogP contribution in [0, 0.1) is 22.8 Å². The smallest absolute Gasteiger partial charge is 0.182 e. The van der Waals surface area contributed by atoms with Crippen LogP contribution >= 0.6 is 0 Å². The first-order valence-electron chi connectivity index (χ1n) is 8.18. The molecule has 0 aromatic heterocycles. The summed E-state index contributed by atoms with van der Waals surface area (Å²) < 4.78 is 5.95. The molecule has 1 aliphatic heterocycles. The van der Waals surface area contributed by atoms with Gasteiger partial charge in [0.1, 0.15) is 17.2 Å². The average Bonchev–Trinajstić information content (AvgIpc) is 2.54. The summed E-state index contributed by atoms with van der Waals surface area (Å²) in [5, 5.41) is 20.8. The molecule has 24 heavy (non-hydrogen) atoms. The summed E-state index contributed by atoms with van der Waals surface area (Å²) in [6.07, 6.45) is 7.78. The number of hydrogen-bond donors (Lipinski definition) is 1. The molecule has 1 heterocycles. The molecular formula is C19H22N4O. The van der Waals surface area contributed by atoms with Crippen LogP contribution in [-0.2, 0) is 0 Å². The first kappa shape index (κ1) is 17.6. The molecule has 1 aromatic rings. The predicted octanol–water partition coefficient (Wildman–Crippen LogP) is 4.12. The monoisotopic (exact) mass is 322 g/mol. The Morgan fingerprint density at radius 1 is 1.29 bits per heavy atom. The highest BCUT2D eigenvalue weighted by atomic mass is 16.5. The van der Waals surface area contributed by atoms with E-state index in [2.05, 4.69) is 23.3 Å². The Labute approximate surface area is 143 Å². The number of aliphatic imine (C=N–C) groups is 1. The summed E-state index contributed by atoms with van der Waals surface area (Å²) in [5.74, 6) is 1.34. The Morgan fingerprint density at radius 2 is 2.08 bits per heavy atom. The number of rotatable bonds is 5. The number of unbranched alkanes of at least 4 members (excludes halogenated alkanes) is 2. The fourth-order valence-electron chi connectivity index (χ4n) is 2.60.